The summed E-state index contributed by atoms with van der Waals surface area (Å²) in [5, 5.41) is 9.53. The topological polar surface area (TPSA) is 79.4 Å². The summed E-state index contributed by atoms with van der Waals surface area (Å²) >= 11 is 4.86. The fraction of sp³-hybridized carbons (Fsp3) is 0.0769. The zero-order valence-corrected chi connectivity index (χ0v) is 11.7. The summed E-state index contributed by atoms with van der Waals surface area (Å²) in [5.74, 6) is -0.136. The Morgan fingerprint density at radius 1 is 1.29 bits per heavy atom. The molecule has 1 aromatic carbocycles. The zero-order chi connectivity index (χ0) is 15.0. The molecule has 3 rings (SSSR count). The molecule has 0 amide bonds. The van der Waals surface area contributed by atoms with Gasteiger partial charge >= 0.3 is 0 Å². The maximum absolute atomic E-state index is 13.4. The molecule has 3 aromatic rings. The van der Waals surface area contributed by atoms with E-state index in [2.05, 4.69) is 20.3 Å². The Balaban J connectivity index is 2.23. The van der Waals surface area contributed by atoms with Crippen LogP contribution in [0.5, 0.6) is 0 Å². The molecule has 0 spiro atoms. The third kappa shape index (κ3) is 2.52. The van der Waals surface area contributed by atoms with E-state index in [0.29, 0.717) is 11.4 Å². The van der Waals surface area contributed by atoms with Crippen LogP contribution in [0.2, 0.25) is 0 Å². The molecule has 0 saturated heterocycles. The number of aryl methyl sites for hydroxylation is 1. The Hall–Kier alpha value is -2.61. The summed E-state index contributed by atoms with van der Waals surface area (Å²) in [4.78, 5) is 16.0. The SMILES string of the molecule is Cc1cc(=O)c(-c2nc(=S)[nH][nH]2)nn1-c1cccc(F)c1. The highest BCUT2D eigenvalue weighted by Gasteiger charge is 2.12. The second-order valence-corrected chi connectivity index (χ2v) is 4.79. The van der Waals surface area contributed by atoms with Gasteiger partial charge in [-0.15, -0.1) is 0 Å². The van der Waals surface area contributed by atoms with Crippen LogP contribution in [0.3, 0.4) is 0 Å². The van der Waals surface area contributed by atoms with Crippen molar-refractivity contribution in [2.45, 2.75) is 6.92 Å². The first-order valence-electron chi connectivity index (χ1n) is 6.06. The lowest BCUT2D eigenvalue weighted by molar-refractivity contribution is 0.624. The van der Waals surface area contributed by atoms with Gasteiger partial charge in [0.25, 0.3) is 0 Å². The van der Waals surface area contributed by atoms with Gasteiger partial charge in [-0.05, 0) is 37.3 Å². The number of hydrogen-bond donors (Lipinski definition) is 2. The zero-order valence-electron chi connectivity index (χ0n) is 10.9. The maximum Gasteiger partial charge on any atom is 0.213 e. The van der Waals surface area contributed by atoms with Crippen molar-refractivity contribution in [2.24, 2.45) is 0 Å². The highest BCUT2D eigenvalue weighted by atomic mass is 32.1. The van der Waals surface area contributed by atoms with Crippen LogP contribution in [-0.2, 0) is 0 Å². The molecule has 0 unspecified atom stereocenters. The molecular weight excluding hydrogens is 293 g/mol. The number of hydrogen-bond acceptors (Lipinski definition) is 4. The predicted octanol–water partition coefficient (Wildman–Crippen LogP) is 2.13. The minimum atomic E-state index is -0.381. The lowest BCUT2D eigenvalue weighted by atomic mass is 10.2. The first kappa shape index (κ1) is 13.4. The Morgan fingerprint density at radius 3 is 2.76 bits per heavy atom. The first-order chi connectivity index (χ1) is 10.0. The number of nitrogens with zero attached hydrogens (tertiary/aromatic N) is 3. The minimum Gasteiger partial charge on any atom is -0.287 e. The molecule has 0 aliphatic carbocycles. The standard InChI is InChI=1S/C13H10FN5OS/c1-7-5-10(20)11(12-15-13(21)17-16-12)18-19(7)9-4-2-3-8(14)6-9/h2-6H,1H3,(H2,15,16,17,21). The summed E-state index contributed by atoms with van der Waals surface area (Å²) in [6.45, 7) is 1.72. The van der Waals surface area contributed by atoms with Gasteiger partial charge in [-0.1, -0.05) is 6.07 Å². The van der Waals surface area contributed by atoms with Crippen molar-refractivity contribution < 1.29 is 4.39 Å². The van der Waals surface area contributed by atoms with E-state index in [9.17, 15) is 9.18 Å². The fourth-order valence-electron chi connectivity index (χ4n) is 1.96. The number of aromatic amines is 2. The van der Waals surface area contributed by atoms with Crippen molar-refractivity contribution in [2.75, 3.05) is 0 Å². The molecule has 0 bridgehead atoms. The third-order valence-corrected chi connectivity index (χ3v) is 3.08. The van der Waals surface area contributed by atoms with E-state index >= 15 is 0 Å². The molecule has 2 heterocycles. The Bertz CT molecular complexity index is 927. The smallest absolute Gasteiger partial charge is 0.213 e. The van der Waals surface area contributed by atoms with Crippen LogP contribution in [0, 0.1) is 17.5 Å². The highest BCUT2D eigenvalue weighted by molar-refractivity contribution is 7.71. The van der Waals surface area contributed by atoms with Gasteiger partial charge in [0, 0.05) is 11.8 Å². The van der Waals surface area contributed by atoms with Gasteiger partial charge in [-0.2, -0.15) is 10.1 Å². The number of aromatic nitrogens is 5. The fourth-order valence-corrected chi connectivity index (χ4v) is 2.11. The van der Waals surface area contributed by atoms with Crippen LogP contribution >= 0.6 is 12.2 Å². The van der Waals surface area contributed by atoms with Crippen molar-refractivity contribution >= 4 is 12.2 Å². The second kappa shape index (κ2) is 5.06. The summed E-state index contributed by atoms with van der Waals surface area (Å²) in [5.41, 5.74) is 0.918. The van der Waals surface area contributed by atoms with Crippen molar-refractivity contribution in [1.82, 2.24) is 25.0 Å². The van der Waals surface area contributed by atoms with Crippen LogP contribution in [0.1, 0.15) is 5.69 Å². The van der Waals surface area contributed by atoms with Crippen molar-refractivity contribution in [3.63, 3.8) is 0 Å². The van der Waals surface area contributed by atoms with Gasteiger partial charge in [-0.3, -0.25) is 15.0 Å². The largest absolute Gasteiger partial charge is 0.287 e. The number of nitrogens with one attached hydrogen (secondary N) is 2. The summed E-state index contributed by atoms with van der Waals surface area (Å²) in [6.07, 6.45) is 0. The van der Waals surface area contributed by atoms with E-state index in [1.165, 1.54) is 22.9 Å². The van der Waals surface area contributed by atoms with Gasteiger partial charge in [0.2, 0.25) is 10.2 Å². The third-order valence-electron chi connectivity index (χ3n) is 2.89. The second-order valence-electron chi connectivity index (χ2n) is 4.41. The van der Waals surface area contributed by atoms with Crippen LogP contribution < -0.4 is 5.43 Å². The number of H-pyrrole nitrogens is 2. The molecule has 21 heavy (non-hydrogen) atoms. The minimum absolute atomic E-state index is 0.109. The van der Waals surface area contributed by atoms with E-state index in [4.69, 9.17) is 12.2 Å². The van der Waals surface area contributed by atoms with Crippen molar-refractivity contribution in [1.29, 1.82) is 0 Å². The molecule has 0 saturated carbocycles. The average molecular weight is 303 g/mol. The van der Waals surface area contributed by atoms with E-state index in [-0.39, 0.29) is 27.5 Å². The van der Waals surface area contributed by atoms with Crippen LogP contribution in [0.25, 0.3) is 17.2 Å². The maximum atomic E-state index is 13.4. The normalized spacial score (nSPS) is 10.8. The molecular formula is C13H10FN5OS. The molecule has 2 aromatic heterocycles. The van der Waals surface area contributed by atoms with E-state index in [1.54, 1.807) is 19.1 Å². The molecule has 6 nitrogen and oxygen atoms in total. The van der Waals surface area contributed by atoms with Gasteiger partial charge in [-0.25, -0.2) is 9.07 Å². The summed E-state index contributed by atoms with van der Waals surface area (Å²) in [7, 11) is 0. The van der Waals surface area contributed by atoms with E-state index in [0.717, 1.165) is 0 Å². The summed E-state index contributed by atoms with van der Waals surface area (Å²) in [6, 6.07) is 7.36. The number of benzene rings is 1. The molecule has 0 fully saturated rings. The van der Waals surface area contributed by atoms with E-state index < -0.39 is 0 Å². The molecule has 106 valence electrons. The quantitative estimate of drug-likeness (QED) is 0.711. The summed E-state index contributed by atoms with van der Waals surface area (Å²) < 4.78 is 15.1. The molecule has 2 N–H and O–H groups in total. The highest BCUT2D eigenvalue weighted by Crippen LogP contribution is 2.13. The van der Waals surface area contributed by atoms with E-state index in [1.807, 2.05) is 0 Å². The van der Waals surface area contributed by atoms with Gasteiger partial charge < -0.3 is 0 Å². The van der Waals surface area contributed by atoms with Gasteiger partial charge in [0.05, 0.1) is 5.69 Å². The monoisotopic (exact) mass is 303 g/mol. The lowest BCUT2D eigenvalue weighted by Gasteiger charge is -2.10. The molecule has 0 atom stereocenters. The lowest BCUT2D eigenvalue weighted by Crippen LogP contribution is -2.16. The number of rotatable bonds is 2. The predicted molar refractivity (Wildman–Crippen MR) is 77.3 cm³/mol. The van der Waals surface area contributed by atoms with Gasteiger partial charge in [0.15, 0.2) is 11.5 Å². The average Bonchev–Trinajstić information content (AvgIpc) is 2.85. The number of halogens is 1. The van der Waals surface area contributed by atoms with Crippen LogP contribution in [0.15, 0.2) is 35.1 Å². The molecule has 0 aliphatic rings. The van der Waals surface area contributed by atoms with Crippen LogP contribution in [0.4, 0.5) is 4.39 Å². The van der Waals surface area contributed by atoms with Gasteiger partial charge in [0.1, 0.15) is 5.82 Å². The molecule has 0 aliphatic heterocycles. The Morgan fingerprint density at radius 2 is 2.10 bits per heavy atom. The Labute approximate surface area is 123 Å². The Kier molecular flexibility index (Phi) is 3.22. The van der Waals surface area contributed by atoms with Crippen molar-refractivity contribution in [3.05, 3.63) is 56.8 Å². The first-order valence-corrected chi connectivity index (χ1v) is 6.47. The van der Waals surface area contributed by atoms with Crippen LogP contribution in [-0.4, -0.2) is 25.0 Å². The van der Waals surface area contributed by atoms with Crippen molar-refractivity contribution in [3.8, 4) is 17.2 Å². The molecule has 0 radical (unpaired) electrons. The molecule has 8 heteroatoms.